The third-order valence-electron chi connectivity index (χ3n) is 5.90. The molecule has 2 fully saturated rings. The van der Waals surface area contributed by atoms with Crippen LogP contribution in [0.3, 0.4) is 0 Å². The van der Waals surface area contributed by atoms with Gasteiger partial charge in [0, 0.05) is 25.6 Å². The van der Waals surface area contributed by atoms with E-state index >= 15 is 0 Å². The molecule has 1 aromatic rings. The number of likely N-dealkylation sites (tertiary alicyclic amines) is 1. The quantitative estimate of drug-likeness (QED) is 0.797. The number of rotatable bonds is 6. The summed E-state index contributed by atoms with van der Waals surface area (Å²) in [6, 6.07) is -0.161. The van der Waals surface area contributed by atoms with Crippen molar-refractivity contribution in [3.05, 3.63) is 11.5 Å². The van der Waals surface area contributed by atoms with Gasteiger partial charge in [0.1, 0.15) is 10.6 Å². The lowest BCUT2D eigenvalue weighted by Crippen LogP contribution is -2.46. The molecule has 8 heteroatoms. The first-order chi connectivity index (χ1) is 12.9. The summed E-state index contributed by atoms with van der Waals surface area (Å²) < 4.78 is 32.9. The molecule has 7 nitrogen and oxygen atoms in total. The van der Waals surface area contributed by atoms with Gasteiger partial charge in [-0.15, -0.1) is 0 Å². The van der Waals surface area contributed by atoms with E-state index in [1.807, 2.05) is 4.90 Å². The molecule has 1 amide bonds. The Hall–Kier alpha value is -1.41. The van der Waals surface area contributed by atoms with Crippen molar-refractivity contribution in [1.82, 2.24) is 14.8 Å². The normalized spacial score (nSPS) is 20.1. The van der Waals surface area contributed by atoms with E-state index in [2.05, 4.69) is 9.88 Å². The number of aromatic nitrogens is 1. The summed E-state index contributed by atoms with van der Waals surface area (Å²) in [7, 11) is -3.65. The Balaban J connectivity index is 1.46. The zero-order valence-corrected chi connectivity index (χ0v) is 17.2. The van der Waals surface area contributed by atoms with E-state index in [1.165, 1.54) is 32.1 Å². The maximum Gasteiger partial charge on any atom is 0.246 e. The van der Waals surface area contributed by atoms with Crippen LogP contribution in [0.4, 0.5) is 0 Å². The predicted molar refractivity (Wildman–Crippen MR) is 102 cm³/mol. The molecular weight excluding hydrogens is 366 g/mol. The van der Waals surface area contributed by atoms with Crippen molar-refractivity contribution in [3.63, 3.8) is 0 Å². The average molecular weight is 398 g/mol. The van der Waals surface area contributed by atoms with Gasteiger partial charge in [0.2, 0.25) is 15.9 Å². The lowest BCUT2D eigenvalue weighted by molar-refractivity contribution is -0.132. The second-order valence-electron chi connectivity index (χ2n) is 7.97. The number of nitrogens with zero attached hydrogens (tertiary/aromatic N) is 2. The number of amides is 1. The Bertz CT molecular complexity index is 726. The van der Waals surface area contributed by atoms with Crippen molar-refractivity contribution in [1.29, 1.82) is 0 Å². The fraction of sp³-hybridized carbons (Fsp3) is 0.789. The van der Waals surface area contributed by atoms with Crippen molar-refractivity contribution >= 4 is 15.9 Å². The lowest BCUT2D eigenvalue weighted by Gasteiger charge is -2.32. The molecule has 2 heterocycles. The summed E-state index contributed by atoms with van der Waals surface area (Å²) in [6.07, 6.45) is 9.36. The predicted octanol–water partition coefficient (Wildman–Crippen LogP) is 2.92. The minimum Gasteiger partial charge on any atom is -0.360 e. The Morgan fingerprint density at radius 2 is 1.81 bits per heavy atom. The van der Waals surface area contributed by atoms with E-state index < -0.39 is 10.0 Å². The molecular formula is C19H31N3O4S. The van der Waals surface area contributed by atoms with Gasteiger partial charge in [-0.3, -0.25) is 4.79 Å². The summed E-state index contributed by atoms with van der Waals surface area (Å²) in [5, 5.41) is 3.72. The smallest absolute Gasteiger partial charge is 0.246 e. The van der Waals surface area contributed by atoms with Crippen LogP contribution < -0.4 is 4.72 Å². The molecule has 0 radical (unpaired) electrons. The lowest BCUT2D eigenvalue weighted by atomic mass is 9.86. The summed E-state index contributed by atoms with van der Waals surface area (Å²) in [5.41, 5.74) is 0.371. The molecule has 1 saturated heterocycles. The average Bonchev–Trinajstić information content (AvgIpc) is 3.00. The number of nitrogens with one attached hydrogen (secondary N) is 1. The SMILES string of the molecule is Cc1noc(C)c1S(=O)(=O)NC1CCN(C(=O)CCC2CCCCC2)CC1. The molecule has 2 aliphatic rings. The number of sulfonamides is 1. The standard InChI is InChI=1S/C19H31N3O4S/c1-14-19(15(2)26-20-14)27(24,25)21-17-10-12-22(13-11-17)18(23)9-8-16-6-4-3-5-7-16/h16-17,21H,3-13H2,1-2H3. The molecule has 0 spiro atoms. The summed E-state index contributed by atoms with van der Waals surface area (Å²) in [6.45, 7) is 4.44. The molecule has 1 aliphatic heterocycles. The number of hydrogen-bond donors (Lipinski definition) is 1. The summed E-state index contributed by atoms with van der Waals surface area (Å²) in [5.74, 6) is 1.23. The number of piperidine rings is 1. The second-order valence-corrected chi connectivity index (χ2v) is 9.62. The first-order valence-corrected chi connectivity index (χ1v) is 11.6. The fourth-order valence-electron chi connectivity index (χ4n) is 4.34. The van der Waals surface area contributed by atoms with Crippen LogP contribution in [-0.4, -0.2) is 43.5 Å². The van der Waals surface area contributed by atoms with Gasteiger partial charge < -0.3 is 9.42 Å². The van der Waals surface area contributed by atoms with Crippen LogP contribution in [0.2, 0.25) is 0 Å². The number of hydrogen-bond acceptors (Lipinski definition) is 5. The van der Waals surface area contributed by atoms with Crippen LogP contribution in [0, 0.1) is 19.8 Å². The molecule has 0 unspecified atom stereocenters. The van der Waals surface area contributed by atoms with Gasteiger partial charge in [-0.25, -0.2) is 13.1 Å². The molecule has 27 heavy (non-hydrogen) atoms. The molecule has 0 bridgehead atoms. The van der Waals surface area contributed by atoms with Crippen LogP contribution in [0.1, 0.15) is 69.2 Å². The van der Waals surface area contributed by atoms with E-state index in [4.69, 9.17) is 4.52 Å². The van der Waals surface area contributed by atoms with Crippen molar-refractivity contribution in [2.75, 3.05) is 13.1 Å². The fourth-order valence-corrected chi connectivity index (χ4v) is 5.98. The van der Waals surface area contributed by atoms with Gasteiger partial charge in [0.25, 0.3) is 0 Å². The second kappa shape index (κ2) is 8.73. The maximum absolute atomic E-state index is 12.6. The molecule has 0 atom stereocenters. The molecule has 1 aromatic heterocycles. The van der Waals surface area contributed by atoms with Crippen molar-refractivity contribution < 1.29 is 17.7 Å². The Labute approximate surface area is 161 Å². The Kier molecular flexibility index (Phi) is 6.57. The van der Waals surface area contributed by atoms with E-state index in [9.17, 15) is 13.2 Å². The van der Waals surface area contributed by atoms with Gasteiger partial charge in [-0.2, -0.15) is 0 Å². The Morgan fingerprint density at radius 1 is 1.15 bits per heavy atom. The van der Waals surface area contributed by atoms with E-state index in [1.54, 1.807) is 13.8 Å². The molecule has 1 N–H and O–H groups in total. The molecule has 1 saturated carbocycles. The largest absolute Gasteiger partial charge is 0.360 e. The van der Waals surface area contributed by atoms with Crippen molar-refractivity contribution in [3.8, 4) is 0 Å². The molecule has 1 aliphatic carbocycles. The highest BCUT2D eigenvalue weighted by Gasteiger charge is 2.30. The van der Waals surface area contributed by atoms with Crippen LogP contribution >= 0.6 is 0 Å². The zero-order valence-electron chi connectivity index (χ0n) is 16.4. The van der Waals surface area contributed by atoms with Gasteiger partial charge in [-0.05, 0) is 39.0 Å². The van der Waals surface area contributed by atoms with Crippen LogP contribution in [0.5, 0.6) is 0 Å². The number of carbonyl (C=O) groups is 1. The molecule has 3 rings (SSSR count). The highest BCUT2D eigenvalue weighted by Crippen LogP contribution is 2.28. The number of aryl methyl sites for hydroxylation is 2. The summed E-state index contributed by atoms with van der Waals surface area (Å²) >= 11 is 0. The van der Waals surface area contributed by atoms with Crippen molar-refractivity contribution in [2.45, 2.75) is 82.6 Å². The van der Waals surface area contributed by atoms with Gasteiger partial charge in [0.15, 0.2) is 5.76 Å². The monoisotopic (exact) mass is 397 g/mol. The van der Waals surface area contributed by atoms with E-state index in [0.717, 1.165) is 6.42 Å². The minimum atomic E-state index is -3.65. The highest BCUT2D eigenvalue weighted by atomic mass is 32.2. The van der Waals surface area contributed by atoms with Crippen LogP contribution in [0.15, 0.2) is 9.42 Å². The highest BCUT2D eigenvalue weighted by molar-refractivity contribution is 7.89. The number of carbonyl (C=O) groups excluding carboxylic acids is 1. The first-order valence-electron chi connectivity index (χ1n) is 10.1. The molecule has 0 aromatic carbocycles. The maximum atomic E-state index is 12.6. The topological polar surface area (TPSA) is 92.5 Å². The molecule has 152 valence electrons. The summed E-state index contributed by atoms with van der Waals surface area (Å²) in [4.78, 5) is 14.5. The Morgan fingerprint density at radius 3 is 2.41 bits per heavy atom. The van der Waals surface area contributed by atoms with Gasteiger partial charge >= 0.3 is 0 Å². The zero-order chi connectivity index (χ0) is 19.4. The third kappa shape index (κ3) is 5.10. The van der Waals surface area contributed by atoms with E-state index in [0.29, 0.717) is 49.7 Å². The van der Waals surface area contributed by atoms with E-state index in [-0.39, 0.29) is 16.8 Å². The van der Waals surface area contributed by atoms with Crippen molar-refractivity contribution in [2.24, 2.45) is 5.92 Å². The first kappa shape index (κ1) is 20.3. The van der Waals surface area contributed by atoms with Crippen LogP contribution in [0.25, 0.3) is 0 Å². The van der Waals surface area contributed by atoms with Gasteiger partial charge in [-0.1, -0.05) is 37.3 Å². The third-order valence-corrected chi connectivity index (χ3v) is 7.66. The van der Waals surface area contributed by atoms with Crippen LogP contribution in [-0.2, 0) is 14.8 Å². The van der Waals surface area contributed by atoms with Gasteiger partial charge in [0.05, 0.1) is 0 Å². The minimum absolute atomic E-state index is 0.133.